The molecule has 118 valence electrons. The molecule has 4 heteroatoms. The van der Waals surface area contributed by atoms with Gasteiger partial charge in [0.25, 0.3) is 0 Å². The second-order valence-corrected chi connectivity index (χ2v) is 8.59. The number of aryl methyl sites for hydroxylation is 3. The Labute approximate surface area is 129 Å². The van der Waals surface area contributed by atoms with Crippen LogP contribution in [0.4, 0.5) is 0 Å². The molecule has 2 rings (SSSR count). The lowest BCUT2D eigenvalue weighted by Gasteiger charge is -2.33. The Balaban J connectivity index is 2.49. The van der Waals surface area contributed by atoms with E-state index >= 15 is 0 Å². The van der Waals surface area contributed by atoms with Crippen molar-refractivity contribution in [1.29, 1.82) is 0 Å². The Kier molecular flexibility index (Phi) is 5.10. The van der Waals surface area contributed by atoms with E-state index < -0.39 is 9.84 Å². The van der Waals surface area contributed by atoms with E-state index in [0.29, 0.717) is 5.75 Å². The molecule has 2 atom stereocenters. The van der Waals surface area contributed by atoms with Gasteiger partial charge in [0, 0.05) is 6.04 Å². The standard InChI is InChI=1S/C17H27NO2S/c1-5-18-17(15-8-6-7-9-21(15,19)20)16-13(3)10-12(2)11-14(16)4/h10-11,15,17-18H,5-9H2,1-4H3. The highest BCUT2D eigenvalue weighted by molar-refractivity contribution is 7.92. The van der Waals surface area contributed by atoms with Crippen LogP contribution < -0.4 is 5.32 Å². The predicted octanol–water partition coefficient (Wildman–Crippen LogP) is 3.23. The van der Waals surface area contributed by atoms with Crippen LogP contribution in [0.5, 0.6) is 0 Å². The fourth-order valence-corrected chi connectivity index (χ4v) is 5.76. The van der Waals surface area contributed by atoms with Crippen LogP contribution in [-0.2, 0) is 9.84 Å². The van der Waals surface area contributed by atoms with E-state index in [0.717, 1.165) is 25.8 Å². The number of rotatable bonds is 4. The van der Waals surface area contributed by atoms with Crippen LogP contribution >= 0.6 is 0 Å². The van der Waals surface area contributed by atoms with E-state index in [-0.39, 0.29) is 11.3 Å². The molecule has 1 aromatic rings. The molecule has 0 bridgehead atoms. The van der Waals surface area contributed by atoms with Crippen LogP contribution in [0, 0.1) is 20.8 Å². The molecule has 3 nitrogen and oxygen atoms in total. The highest BCUT2D eigenvalue weighted by Gasteiger charge is 2.37. The SMILES string of the molecule is CCNC(c1c(C)cc(C)cc1C)C1CCCCS1(=O)=O. The smallest absolute Gasteiger partial charge is 0.155 e. The first-order chi connectivity index (χ1) is 9.86. The summed E-state index contributed by atoms with van der Waals surface area (Å²) in [5, 5.41) is 3.16. The molecular weight excluding hydrogens is 282 g/mol. The van der Waals surface area contributed by atoms with Crippen LogP contribution in [0.1, 0.15) is 54.5 Å². The normalized spacial score (nSPS) is 23.0. The van der Waals surface area contributed by atoms with E-state index in [4.69, 9.17) is 0 Å². The Morgan fingerprint density at radius 1 is 1.19 bits per heavy atom. The molecule has 1 aliphatic rings. The zero-order chi connectivity index (χ0) is 15.6. The Morgan fingerprint density at radius 3 is 2.33 bits per heavy atom. The van der Waals surface area contributed by atoms with E-state index in [1.54, 1.807) is 0 Å². The van der Waals surface area contributed by atoms with E-state index in [1.165, 1.54) is 22.3 Å². The molecule has 0 amide bonds. The summed E-state index contributed by atoms with van der Waals surface area (Å²) in [6.07, 6.45) is 2.59. The van der Waals surface area contributed by atoms with Crippen LogP contribution in [0.25, 0.3) is 0 Å². The molecule has 1 N–H and O–H groups in total. The zero-order valence-electron chi connectivity index (χ0n) is 13.6. The van der Waals surface area contributed by atoms with Crippen LogP contribution in [-0.4, -0.2) is 26.0 Å². The molecule has 0 saturated carbocycles. The van der Waals surface area contributed by atoms with Crippen LogP contribution in [0.2, 0.25) is 0 Å². The van der Waals surface area contributed by atoms with Crippen LogP contribution in [0.15, 0.2) is 12.1 Å². The Bertz CT molecular complexity index is 584. The van der Waals surface area contributed by atoms with Crippen molar-refractivity contribution in [3.05, 3.63) is 34.4 Å². The quantitative estimate of drug-likeness (QED) is 0.929. The third-order valence-electron chi connectivity index (χ3n) is 4.47. The van der Waals surface area contributed by atoms with E-state index in [2.05, 4.69) is 38.2 Å². The number of benzene rings is 1. The third-order valence-corrected chi connectivity index (χ3v) is 6.76. The molecule has 1 fully saturated rings. The molecule has 0 spiro atoms. The maximum atomic E-state index is 12.5. The first kappa shape index (κ1) is 16.5. The first-order valence-corrected chi connectivity index (χ1v) is 9.61. The summed E-state index contributed by atoms with van der Waals surface area (Å²) >= 11 is 0. The van der Waals surface area contributed by atoms with Crippen molar-refractivity contribution in [3.63, 3.8) is 0 Å². The summed E-state index contributed by atoms with van der Waals surface area (Å²) in [5.74, 6) is 0.337. The summed E-state index contributed by atoms with van der Waals surface area (Å²) in [6.45, 7) is 9.10. The van der Waals surface area contributed by atoms with Crippen molar-refractivity contribution in [2.75, 3.05) is 12.3 Å². The van der Waals surface area contributed by atoms with Crippen molar-refractivity contribution < 1.29 is 8.42 Å². The number of sulfone groups is 1. The van der Waals surface area contributed by atoms with Gasteiger partial charge in [-0.3, -0.25) is 0 Å². The predicted molar refractivity (Wildman–Crippen MR) is 88.5 cm³/mol. The van der Waals surface area contributed by atoms with Gasteiger partial charge in [0.15, 0.2) is 9.84 Å². The molecular formula is C17H27NO2S. The molecule has 1 aliphatic heterocycles. The van der Waals surface area contributed by atoms with E-state index in [9.17, 15) is 8.42 Å². The van der Waals surface area contributed by atoms with Crippen molar-refractivity contribution in [2.24, 2.45) is 0 Å². The van der Waals surface area contributed by atoms with Gasteiger partial charge in [0.1, 0.15) is 0 Å². The van der Waals surface area contributed by atoms with E-state index in [1.807, 2.05) is 6.92 Å². The second kappa shape index (κ2) is 6.49. The largest absolute Gasteiger partial charge is 0.309 e. The van der Waals surface area contributed by atoms with Gasteiger partial charge in [-0.25, -0.2) is 8.42 Å². The number of hydrogen-bond acceptors (Lipinski definition) is 3. The van der Waals surface area contributed by atoms with Crippen LogP contribution in [0.3, 0.4) is 0 Å². The minimum atomic E-state index is -3.00. The molecule has 1 saturated heterocycles. The lowest BCUT2D eigenvalue weighted by atomic mass is 9.90. The average molecular weight is 309 g/mol. The topological polar surface area (TPSA) is 46.2 Å². The Hall–Kier alpha value is -0.870. The number of hydrogen-bond donors (Lipinski definition) is 1. The minimum Gasteiger partial charge on any atom is -0.309 e. The maximum absolute atomic E-state index is 12.5. The summed E-state index contributed by atoms with van der Waals surface area (Å²) in [4.78, 5) is 0. The molecule has 1 heterocycles. The zero-order valence-corrected chi connectivity index (χ0v) is 14.4. The Morgan fingerprint density at radius 2 is 1.81 bits per heavy atom. The number of nitrogens with one attached hydrogen (secondary N) is 1. The molecule has 21 heavy (non-hydrogen) atoms. The fourth-order valence-electron chi connectivity index (χ4n) is 3.67. The van der Waals surface area contributed by atoms with Gasteiger partial charge in [0.2, 0.25) is 0 Å². The summed E-state index contributed by atoms with van der Waals surface area (Å²) in [6, 6.07) is 4.23. The summed E-state index contributed by atoms with van der Waals surface area (Å²) in [5.41, 5.74) is 4.80. The van der Waals surface area contributed by atoms with Crippen molar-refractivity contribution >= 4 is 9.84 Å². The van der Waals surface area contributed by atoms with Gasteiger partial charge in [-0.15, -0.1) is 0 Å². The van der Waals surface area contributed by atoms with Gasteiger partial charge in [0.05, 0.1) is 11.0 Å². The molecule has 0 aliphatic carbocycles. The molecule has 0 aromatic heterocycles. The van der Waals surface area contributed by atoms with Gasteiger partial charge < -0.3 is 5.32 Å². The third kappa shape index (κ3) is 3.49. The lowest BCUT2D eigenvalue weighted by Crippen LogP contribution is -2.41. The second-order valence-electron chi connectivity index (χ2n) is 6.25. The lowest BCUT2D eigenvalue weighted by molar-refractivity contribution is 0.452. The highest BCUT2D eigenvalue weighted by Crippen LogP contribution is 2.34. The summed E-state index contributed by atoms with van der Waals surface area (Å²) in [7, 11) is -3.00. The fraction of sp³-hybridized carbons (Fsp3) is 0.647. The van der Waals surface area contributed by atoms with Crippen molar-refractivity contribution in [3.8, 4) is 0 Å². The molecule has 1 aromatic carbocycles. The van der Waals surface area contributed by atoms with Crippen molar-refractivity contribution in [2.45, 2.75) is 58.2 Å². The van der Waals surface area contributed by atoms with Gasteiger partial charge in [-0.2, -0.15) is 0 Å². The molecule has 2 unspecified atom stereocenters. The highest BCUT2D eigenvalue weighted by atomic mass is 32.2. The monoisotopic (exact) mass is 309 g/mol. The summed E-state index contributed by atoms with van der Waals surface area (Å²) < 4.78 is 25.0. The minimum absolute atomic E-state index is 0.0825. The average Bonchev–Trinajstić information content (AvgIpc) is 2.36. The first-order valence-electron chi connectivity index (χ1n) is 7.89. The molecule has 0 radical (unpaired) electrons. The van der Waals surface area contributed by atoms with Gasteiger partial charge in [-0.05, 0) is 56.8 Å². The maximum Gasteiger partial charge on any atom is 0.155 e. The van der Waals surface area contributed by atoms with Gasteiger partial charge in [-0.1, -0.05) is 31.0 Å². The van der Waals surface area contributed by atoms with Gasteiger partial charge >= 0.3 is 0 Å². The van der Waals surface area contributed by atoms with Crippen molar-refractivity contribution in [1.82, 2.24) is 5.32 Å².